The Hall–Kier alpha value is -5.48. The monoisotopic (exact) mass is 872 g/mol. The largest absolute Gasteiger partial charge is 0.457 e. The number of esters is 1. The third-order valence-electron chi connectivity index (χ3n) is 10.8. The maximum Gasteiger partial charge on any atom is 0.337 e. The van der Waals surface area contributed by atoms with E-state index in [-0.39, 0.29) is 35.8 Å². The molecule has 5 aromatic rings. The minimum atomic E-state index is -0.465. The summed E-state index contributed by atoms with van der Waals surface area (Å²) >= 11 is 6.73. The van der Waals surface area contributed by atoms with Crippen LogP contribution in [-0.2, 0) is 30.5 Å². The molecule has 3 aliphatic rings. The number of fused-ring (bicyclic) bond motifs is 2. The van der Waals surface area contributed by atoms with Crippen molar-refractivity contribution >= 4 is 82.1 Å². The van der Waals surface area contributed by atoms with E-state index >= 15 is 0 Å². The van der Waals surface area contributed by atoms with Crippen molar-refractivity contribution in [1.82, 2.24) is 15.6 Å². The van der Waals surface area contributed by atoms with Crippen molar-refractivity contribution in [3.05, 3.63) is 143 Å². The number of pyridine rings is 1. The molecular formula is C46H41BrN4O5S2. The maximum absolute atomic E-state index is 13.6. The molecule has 3 aromatic heterocycles. The molecule has 9 nitrogen and oxygen atoms in total. The van der Waals surface area contributed by atoms with E-state index in [0.717, 1.165) is 77.0 Å². The number of hydrogen-bond donors (Lipinski definition) is 2. The number of nitrogens with zero attached hydrogens (tertiary/aromatic N) is 2. The highest BCUT2D eigenvalue weighted by Crippen LogP contribution is 2.49. The predicted octanol–water partition coefficient (Wildman–Crippen LogP) is 10.2. The van der Waals surface area contributed by atoms with E-state index < -0.39 is 11.8 Å². The van der Waals surface area contributed by atoms with Gasteiger partial charge in [-0.3, -0.25) is 19.4 Å². The van der Waals surface area contributed by atoms with Crippen molar-refractivity contribution in [2.24, 2.45) is 5.92 Å². The second kappa shape index (κ2) is 16.8. The number of nitriles is 1. The Bertz CT molecular complexity index is 2670. The number of Topliss-reactive ketones (excluding diaryl/α,β-unsaturated/α-hetero) is 3. The zero-order valence-electron chi connectivity index (χ0n) is 32.9. The van der Waals surface area contributed by atoms with Crippen LogP contribution in [0.4, 0.5) is 0 Å². The lowest BCUT2D eigenvalue weighted by molar-refractivity contribution is -0.140. The van der Waals surface area contributed by atoms with Gasteiger partial charge in [-0.05, 0) is 139 Å². The van der Waals surface area contributed by atoms with Crippen molar-refractivity contribution in [3.8, 4) is 6.07 Å². The van der Waals surface area contributed by atoms with E-state index in [2.05, 4.69) is 49.1 Å². The zero-order valence-corrected chi connectivity index (χ0v) is 36.1. The highest BCUT2D eigenvalue weighted by molar-refractivity contribution is 9.10. The van der Waals surface area contributed by atoms with Gasteiger partial charge in [-0.15, -0.1) is 22.7 Å². The van der Waals surface area contributed by atoms with Gasteiger partial charge in [0.25, 0.3) is 0 Å². The molecule has 0 amide bonds. The third kappa shape index (κ3) is 7.74. The Morgan fingerprint density at radius 1 is 0.759 bits per heavy atom. The Morgan fingerprint density at radius 2 is 1.28 bits per heavy atom. The summed E-state index contributed by atoms with van der Waals surface area (Å²) in [5.41, 5.74) is 9.02. The number of hydrogen-bond acceptors (Lipinski definition) is 11. The SMILES string of the molecule is CC(=O)C1=C(C)NC(C)=C(C(C)=O)C1c1csc2c(C#N)cccc12.CC(=O)C1=C(C)NC(C2CC2)=C(C(=O)OCc2ccncc2)C1c1csc2c(Br)cccc12. The first-order valence-corrected chi connectivity index (χ1v) is 21.4. The van der Waals surface area contributed by atoms with Crippen LogP contribution in [0.15, 0.2) is 121 Å². The molecule has 1 aliphatic carbocycles. The van der Waals surface area contributed by atoms with Crippen molar-refractivity contribution in [2.75, 3.05) is 0 Å². The smallest absolute Gasteiger partial charge is 0.337 e. The van der Waals surface area contributed by atoms with Crippen LogP contribution < -0.4 is 10.6 Å². The van der Waals surface area contributed by atoms with Crippen LogP contribution >= 0.6 is 38.6 Å². The minimum absolute atomic E-state index is 0.0476. The van der Waals surface area contributed by atoms with Crippen molar-refractivity contribution < 1.29 is 23.9 Å². The van der Waals surface area contributed by atoms with E-state index in [4.69, 9.17) is 4.74 Å². The van der Waals surface area contributed by atoms with Crippen LogP contribution in [0, 0.1) is 17.2 Å². The number of allylic oxidation sites excluding steroid dienone is 7. The number of dihydropyridines is 2. The number of ketones is 3. The van der Waals surface area contributed by atoms with Crippen molar-refractivity contribution in [1.29, 1.82) is 5.26 Å². The Morgan fingerprint density at radius 3 is 1.83 bits per heavy atom. The topological polar surface area (TPSA) is 138 Å². The first-order chi connectivity index (χ1) is 27.8. The summed E-state index contributed by atoms with van der Waals surface area (Å²) in [6, 6.07) is 17.5. The van der Waals surface area contributed by atoms with E-state index in [1.165, 1.54) is 25.2 Å². The molecule has 1 saturated carbocycles. The predicted molar refractivity (Wildman–Crippen MR) is 232 cm³/mol. The summed E-state index contributed by atoms with van der Waals surface area (Å²) < 4.78 is 8.79. The van der Waals surface area contributed by atoms with Gasteiger partial charge < -0.3 is 15.4 Å². The lowest BCUT2D eigenvalue weighted by atomic mass is 9.77. The number of benzene rings is 2. The first-order valence-electron chi connectivity index (χ1n) is 18.9. The Kier molecular flexibility index (Phi) is 11.8. The molecule has 2 N–H and O–H groups in total. The molecule has 8 rings (SSSR count). The van der Waals surface area contributed by atoms with Crippen molar-refractivity contribution in [2.45, 2.75) is 72.8 Å². The second-order valence-corrected chi connectivity index (χ2v) is 17.3. The fourth-order valence-electron chi connectivity index (χ4n) is 8.15. The van der Waals surface area contributed by atoms with Crippen molar-refractivity contribution in [3.63, 3.8) is 0 Å². The van der Waals surface area contributed by atoms with Gasteiger partial charge in [0, 0.05) is 72.9 Å². The molecule has 0 saturated heterocycles. The standard InChI is InChI=1S/C26H23BrN2O3S.C20H18N2O2S/c1-14-21(15(2)30)22(19-13-33-25-18(19)4-3-5-20(25)27)23(24(29-14)17-6-7-17)26(31)32-12-16-8-10-28-11-9-16;1-10-17(12(3)23)19(18(13(4)24)11(2)22-10)16-9-25-20-14(8-21)6-5-7-15(16)20/h3-5,8-11,13,17,22,29H,6-7,12H2,1-2H3;5-7,9,19,22H,1-4H3. The van der Waals surface area contributed by atoms with Crippen LogP contribution in [0.2, 0.25) is 0 Å². The highest BCUT2D eigenvalue weighted by Gasteiger charge is 2.42. The van der Waals surface area contributed by atoms with Crippen LogP contribution in [0.1, 0.15) is 88.5 Å². The normalized spacial score (nSPS) is 17.1. The molecule has 1 atom stereocenters. The van der Waals surface area contributed by atoms with Gasteiger partial charge in [-0.2, -0.15) is 5.26 Å². The molecule has 1 unspecified atom stereocenters. The number of thiophene rings is 2. The zero-order chi connectivity index (χ0) is 41.4. The molecule has 12 heteroatoms. The fraction of sp³-hybridized carbons (Fsp3) is 0.261. The summed E-state index contributed by atoms with van der Waals surface area (Å²) in [5.74, 6) is -1.13. The molecule has 0 bridgehead atoms. The first kappa shape index (κ1) is 40.7. The third-order valence-corrected chi connectivity index (χ3v) is 13.8. The lowest BCUT2D eigenvalue weighted by Gasteiger charge is -2.31. The quantitative estimate of drug-likeness (QED) is 0.139. The molecular weight excluding hydrogens is 833 g/mol. The van der Waals surface area contributed by atoms with E-state index in [9.17, 15) is 24.4 Å². The number of carbonyl (C=O) groups excluding carboxylic acids is 4. The highest BCUT2D eigenvalue weighted by atomic mass is 79.9. The average molecular weight is 874 g/mol. The molecule has 5 heterocycles. The molecule has 2 aliphatic heterocycles. The fourth-order valence-corrected chi connectivity index (χ4v) is 10.9. The molecule has 0 spiro atoms. The van der Waals surface area contributed by atoms with Gasteiger partial charge in [0.2, 0.25) is 0 Å². The van der Waals surface area contributed by atoms with Gasteiger partial charge in [0.05, 0.1) is 15.8 Å². The second-order valence-electron chi connectivity index (χ2n) is 14.7. The molecule has 1 fully saturated rings. The van der Waals surface area contributed by atoms with E-state index in [1.807, 2.05) is 62.5 Å². The van der Waals surface area contributed by atoms with Crippen LogP contribution in [0.3, 0.4) is 0 Å². The number of ether oxygens (including phenoxy) is 1. The van der Waals surface area contributed by atoms with Crippen LogP contribution in [-0.4, -0.2) is 28.3 Å². The van der Waals surface area contributed by atoms with Gasteiger partial charge in [0.1, 0.15) is 12.7 Å². The number of halogens is 1. The van der Waals surface area contributed by atoms with Gasteiger partial charge >= 0.3 is 5.97 Å². The number of aromatic nitrogens is 1. The summed E-state index contributed by atoms with van der Waals surface area (Å²) in [7, 11) is 0. The van der Waals surface area contributed by atoms with E-state index in [0.29, 0.717) is 27.9 Å². The molecule has 0 radical (unpaired) electrons. The van der Waals surface area contributed by atoms with Gasteiger partial charge in [0.15, 0.2) is 17.3 Å². The summed E-state index contributed by atoms with van der Waals surface area (Å²) in [4.78, 5) is 55.2. The number of carbonyl (C=O) groups is 4. The average Bonchev–Trinajstić information content (AvgIpc) is 3.80. The summed E-state index contributed by atoms with van der Waals surface area (Å²) in [6.07, 6.45) is 5.40. The Balaban J connectivity index is 0.000000184. The van der Waals surface area contributed by atoms with Gasteiger partial charge in [-0.25, -0.2) is 4.79 Å². The van der Waals surface area contributed by atoms with E-state index in [1.54, 1.807) is 36.7 Å². The Labute approximate surface area is 353 Å². The molecule has 294 valence electrons. The number of nitrogens with one attached hydrogen (secondary N) is 2. The molecule has 58 heavy (non-hydrogen) atoms. The molecule has 2 aromatic carbocycles. The lowest BCUT2D eigenvalue weighted by Crippen LogP contribution is -2.32. The number of rotatable bonds is 9. The minimum Gasteiger partial charge on any atom is -0.457 e. The summed E-state index contributed by atoms with van der Waals surface area (Å²) in [5, 5.41) is 21.9. The van der Waals surface area contributed by atoms with Crippen LogP contribution in [0.5, 0.6) is 0 Å². The summed E-state index contributed by atoms with van der Waals surface area (Å²) in [6.45, 7) is 10.4. The maximum atomic E-state index is 13.6. The van der Waals surface area contributed by atoms with Crippen LogP contribution in [0.25, 0.3) is 20.2 Å². The van der Waals surface area contributed by atoms with Gasteiger partial charge in [-0.1, -0.05) is 24.3 Å².